The average Bonchev–Trinajstić information content (AvgIpc) is 2.95. The van der Waals surface area contributed by atoms with Gasteiger partial charge < -0.3 is 4.90 Å². The van der Waals surface area contributed by atoms with Crippen LogP contribution in [0.4, 0.5) is 18.9 Å². The van der Waals surface area contributed by atoms with Crippen LogP contribution in [0.15, 0.2) is 24.3 Å². The predicted octanol–water partition coefficient (Wildman–Crippen LogP) is 2.42. The highest BCUT2D eigenvalue weighted by molar-refractivity contribution is 5.57. The van der Waals surface area contributed by atoms with Gasteiger partial charge in [0.2, 0.25) is 0 Å². The standard InChI is InChI=1S/C10H7F3N2/c11-10(12,13)7-1-3-8(4-2-7)15-6-9(15)5-14/h1-4,9H,6H2/t9-,15?/m1/s1. The number of hydrogen-bond acceptors (Lipinski definition) is 2. The van der Waals surface area contributed by atoms with Crippen molar-refractivity contribution in [3.8, 4) is 6.07 Å². The first kappa shape index (κ1) is 9.84. The molecule has 1 heterocycles. The molecule has 0 radical (unpaired) electrons. The Morgan fingerprint density at radius 2 is 1.87 bits per heavy atom. The summed E-state index contributed by atoms with van der Waals surface area (Å²) in [6.45, 7) is 0.599. The van der Waals surface area contributed by atoms with Crippen LogP contribution in [0.3, 0.4) is 0 Å². The summed E-state index contributed by atoms with van der Waals surface area (Å²) in [5, 5.41) is 8.55. The molecule has 1 aliphatic heterocycles. The van der Waals surface area contributed by atoms with Gasteiger partial charge >= 0.3 is 6.18 Å². The van der Waals surface area contributed by atoms with Crippen molar-refractivity contribution in [3.63, 3.8) is 0 Å². The highest BCUT2D eigenvalue weighted by Crippen LogP contribution is 2.33. The third-order valence-corrected chi connectivity index (χ3v) is 2.29. The molecule has 0 bridgehead atoms. The number of anilines is 1. The zero-order chi connectivity index (χ0) is 11.1. The Bertz CT molecular complexity index is 402. The highest BCUT2D eigenvalue weighted by Gasteiger charge is 2.35. The molecule has 2 nitrogen and oxygen atoms in total. The zero-order valence-electron chi connectivity index (χ0n) is 7.62. The normalized spacial score (nSPS) is 19.9. The number of benzene rings is 1. The molecule has 0 N–H and O–H groups in total. The van der Waals surface area contributed by atoms with E-state index < -0.39 is 11.7 Å². The summed E-state index contributed by atoms with van der Waals surface area (Å²) in [6, 6.07) is 6.69. The smallest absolute Gasteiger partial charge is 0.351 e. The number of nitrogens with zero attached hydrogens (tertiary/aromatic N) is 2. The summed E-state index contributed by atoms with van der Waals surface area (Å²) < 4.78 is 36.6. The number of hydrogen-bond donors (Lipinski definition) is 0. The Kier molecular flexibility index (Phi) is 2.07. The van der Waals surface area contributed by atoms with Crippen molar-refractivity contribution in [2.75, 3.05) is 11.4 Å². The van der Waals surface area contributed by atoms with Crippen LogP contribution in [-0.4, -0.2) is 12.6 Å². The van der Waals surface area contributed by atoms with E-state index in [1.807, 2.05) is 6.07 Å². The molecule has 2 rings (SSSR count). The maximum Gasteiger partial charge on any atom is 0.416 e. The summed E-state index contributed by atoms with van der Waals surface area (Å²) in [5.41, 5.74) is -0.00356. The molecule has 1 fully saturated rings. The van der Waals surface area contributed by atoms with Crippen LogP contribution >= 0.6 is 0 Å². The van der Waals surface area contributed by atoms with Crippen molar-refractivity contribution in [3.05, 3.63) is 29.8 Å². The van der Waals surface area contributed by atoms with Crippen LogP contribution in [0.25, 0.3) is 0 Å². The lowest BCUT2D eigenvalue weighted by Gasteiger charge is -2.08. The SMILES string of the molecule is N#C[C@@H]1CN1c1ccc(C(F)(F)F)cc1. The second-order valence-electron chi connectivity index (χ2n) is 3.34. The minimum Gasteiger partial charge on any atom is -0.351 e. The molecular weight excluding hydrogens is 205 g/mol. The van der Waals surface area contributed by atoms with Crippen molar-refractivity contribution in [2.45, 2.75) is 12.2 Å². The van der Waals surface area contributed by atoms with Gasteiger partial charge in [0.05, 0.1) is 18.2 Å². The van der Waals surface area contributed by atoms with E-state index in [0.29, 0.717) is 12.2 Å². The average molecular weight is 212 g/mol. The van der Waals surface area contributed by atoms with Crippen molar-refractivity contribution in [2.24, 2.45) is 0 Å². The lowest BCUT2D eigenvalue weighted by Crippen LogP contribution is -2.05. The van der Waals surface area contributed by atoms with Crippen molar-refractivity contribution in [1.82, 2.24) is 0 Å². The molecule has 5 heteroatoms. The molecule has 0 aromatic heterocycles. The molecule has 15 heavy (non-hydrogen) atoms. The number of rotatable bonds is 1. The van der Waals surface area contributed by atoms with Gasteiger partial charge in [0.25, 0.3) is 0 Å². The Balaban J connectivity index is 2.16. The Labute approximate surface area is 84.5 Å². The second kappa shape index (κ2) is 3.16. The van der Waals surface area contributed by atoms with E-state index in [2.05, 4.69) is 0 Å². The first-order chi connectivity index (χ1) is 7.02. The van der Waals surface area contributed by atoms with Gasteiger partial charge in [-0.2, -0.15) is 18.4 Å². The lowest BCUT2D eigenvalue weighted by molar-refractivity contribution is -0.137. The van der Waals surface area contributed by atoms with Crippen LogP contribution in [0, 0.1) is 11.3 Å². The van der Waals surface area contributed by atoms with Gasteiger partial charge in [-0.25, -0.2) is 0 Å². The van der Waals surface area contributed by atoms with E-state index in [9.17, 15) is 13.2 Å². The van der Waals surface area contributed by atoms with Gasteiger partial charge in [-0.1, -0.05) is 0 Å². The fourth-order valence-electron chi connectivity index (χ4n) is 1.38. The highest BCUT2D eigenvalue weighted by atomic mass is 19.4. The fraction of sp³-hybridized carbons (Fsp3) is 0.300. The van der Waals surface area contributed by atoms with Gasteiger partial charge in [0, 0.05) is 5.69 Å². The molecule has 0 aliphatic carbocycles. The predicted molar refractivity (Wildman–Crippen MR) is 48.2 cm³/mol. The summed E-state index contributed by atoms with van der Waals surface area (Å²) >= 11 is 0. The zero-order valence-corrected chi connectivity index (χ0v) is 7.62. The van der Waals surface area contributed by atoms with Crippen LogP contribution in [0.5, 0.6) is 0 Å². The van der Waals surface area contributed by atoms with Crippen LogP contribution in [-0.2, 0) is 6.18 Å². The van der Waals surface area contributed by atoms with Gasteiger partial charge in [-0.15, -0.1) is 0 Å². The van der Waals surface area contributed by atoms with Gasteiger partial charge in [0.15, 0.2) is 0 Å². The number of alkyl halides is 3. The van der Waals surface area contributed by atoms with Gasteiger partial charge in [0.1, 0.15) is 6.04 Å². The van der Waals surface area contributed by atoms with Gasteiger partial charge in [-0.05, 0) is 24.3 Å². The molecule has 1 aromatic carbocycles. The topological polar surface area (TPSA) is 26.8 Å². The molecule has 0 saturated carbocycles. The van der Waals surface area contributed by atoms with Crippen LogP contribution in [0.2, 0.25) is 0 Å². The lowest BCUT2D eigenvalue weighted by atomic mass is 10.2. The van der Waals surface area contributed by atoms with E-state index in [1.165, 1.54) is 12.1 Å². The Morgan fingerprint density at radius 1 is 1.27 bits per heavy atom. The summed E-state index contributed by atoms with van der Waals surface area (Å²) in [7, 11) is 0. The molecule has 1 atom stereocenters. The van der Waals surface area contributed by atoms with Crippen molar-refractivity contribution in [1.29, 1.82) is 5.26 Å². The van der Waals surface area contributed by atoms with E-state index in [0.717, 1.165) is 12.1 Å². The molecular formula is C10H7F3N2. The largest absolute Gasteiger partial charge is 0.416 e. The minimum absolute atomic E-state index is 0.179. The first-order valence-corrected chi connectivity index (χ1v) is 4.36. The summed E-state index contributed by atoms with van der Waals surface area (Å²) in [6.07, 6.45) is -4.30. The number of nitriles is 1. The van der Waals surface area contributed by atoms with E-state index in [-0.39, 0.29) is 6.04 Å². The van der Waals surface area contributed by atoms with Crippen molar-refractivity contribution < 1.29 is 13.2 Å². The molecule has 78 valence electrons. The summed E-state index contributed by atoms with van der Waals surface area (Å²) in [4.78, 5) is 1.74. The molecule has 1 aromatic rings. The molecule has 1 aliphatic rings. The van der Waals surface area contributed by atoms with Crippen LogP contribution in [0.1, 0.15) is 5.56 Å². The van der Waals surface area contributed by atoms with Crippen LogP contribution < -0.4 is 4.90 Å². The maximum absolute atomic E-state index is 12.2. The first-order valence-electron chi connectivity index (χ1n) is 4.36. The fourth-order valence-corrected chi connectivity index (χ4v) is 1.38. The van der Waals surface area contributed by atoms with Gasteiger partial charge in [-0.3, -0.25) is 0 Å². The molecule has 1 saturated heterocycles. The Hall–Kier alpha value is -1.70. The molecule has 0 spiro atoms. The molecule has 0 amide bonds. The number of halogens is 3. The monoisotopic (exact) mass is 212 g/mol. The van der Waals surface area contributed by atoms with E-state index in [1.54, 1.807) is 4.90 Å². The quantitative estimate of drug-likeness (QED) is 0.668. The second-order valence-corrected chi connectivity index (χ2v) is 3.34. The van der Waals surface area contributed by atoms with E-state index in [4.69, 9.17) is 5.26 Å². The molecule has 0 unspecified atom stereocenters. The minimum atomic E-state index is -4.30. The third-order valence-electron chi connectivity index (χ3n) is 2.29. The van der Waals surface area contributed by atoms with E-state index >= 15 is 0 Å². The summed E-state index contributed by atoms with van der Waals surface area (Å²) in [5.74, 6) is 0. The third kappa shape index (κ3) is 1.89. The van der Waals surface area contributed by atoms with Crippen molar-refractivity contribution >= 4 is 5.69 Å². The maximum atomic E-state index is 12.2. The Morgan fingerprint density at radius 3 is 2.27 bits per heavy atom.